The summed E-state index contributed by atoms with van der Waals surface area (Å²) in [5.41, 5.74) is 1.44. The van der Waals surface area contributed by atoms with Gasteiger partial charge in [-0.15, -0.1) is 0 Å². The molecule has 0 spiro atoms. The number of nitrogens with one attached hydrogen (secondary N) is 1. The lowest BCUT2D eigenvalue weighted by molar-refractivity contribution is 0.333. The van der Waals surface area contributed by atoms with Crippen molar-refractivity contribution in [1.29, 1.82) is 0 Å². The van der Waals surface area contributed by atoms with Crippen LogP contribution < -0.4 is 10.9 Å². The van der Waals surface area contributed by atoms with Gasteiger partial charge in [0.1, 0.15) is 5.52 Å². The SMILES string of the molecule is Cn1cc2cc(-c3cc4cnn(C5CCNCC5)c(=O)c4cn3)cc(F)c2n1. The molecule has 0 radical (unpaired) electrons. The van der Waals surface area contributed by atoms with E-state index in [4.69, 9.17) is 0 Å². The fourth-order valence-corrected chi connectivity index (χ4v) is 3.89. The molecule has 28 heavy (non-hydrogen) atoms. The number of halogens is 1. The van der Waals surface area contributed by atoms with Crippen LogP contribution in [-0.2, 0) is 7.05 Å². The van der Waals surface area contributed by atoms with Crippen LogP contribution in [0.3, 0.4) is 0 Å². The van der Waals surface area contributed by atoms with Crippen LogP contribution in [0.4, 0.5) is 4.39 Å². The average molecular weight is 378 g/mol. The Hall–Kier alpha value is -3.13. The maximum atomic E-state index is 14.4. The van der Waals surface area contributed by atoms with E-state index in [1.165, 1.54) is 6.07 Å². The van der Waals surface area contributed by atoms with E-state index in [0.717, 1.165) is 25.9 Å². The Morgan fingerprint density at radius 1 is 1.14 bits per heavy atom. The highest BCUT2D eigenvalue weighted by atomic mass is 19.1. The molecule has 0 unspecified atom stereocenters. The van der Waals surface area contributed by atoms with E-state index in [2.05, 4.69) is 20.5 Å². The zero-order valence-electron chi connectivity index (χ0n) is 15.4. The summed E-state index contributed by atoms with van der Waals surface area (Å²) in [4.78, 5) is 17.3. The van der Waals surface area contributed by atoms with Gasteiger partial charge in [-0.3, -0.25) is 14.5 Å². The maximum Gasteiger partial charge on any atom is 0.276 e. The molecule has 4 aromatic rings. The van der Waals surface area contributed by atoms with E-state index in [0.29, 0.717) is 32.9 Å². The Bertz CT molecular complexity index is 1260. The Balaban J connectivity index is 1.59. The summed E-state index contributed by atoms with van der Waals surface area (Å²) >= 11 is 0. The molecule has 1 aliphatic rings. The van der Waals surface area contributed by atoms with Crippen LogP contribution in [0.2, 0.25) is 0 Å². The Labute approximate surface area is 159 Å². The van der Waals surface area contributed by atoms with Crippen molar-refractivity contribution in [2.75, 3.05) is 13.1 Å². The van der Waals surface area contributed by atoms with Crippen molar-refractivity contribution in [3.05, 3.63) is 53.0 Å². The molecule has 0 saturated carbocycles. The Morgan fingerprint density at radius 3 is 2.79 bits per heavy atom. The van der Waals surface area contributed by atoms with Gasteiger partial charge in [0.15, 0.2) is 5.82 Å². The second-order valence-corrected chi connectivity index (χ2v) is 7.23. The highest BCUT2D eigenvalue weighted by molar-refractivity contribution is 5.87. The average Bonchev–Trinajstić information content (AvgIpc) is 3.09. The predicted octanol–water partition coefficient (Wildman–Crippen LogP) is 2.41. The van der Waals surface area contributed by atoms with Gasteiger partial charge < -0.3 is 5.32 Å². The topological polar surface area (TPSA) is 77.6 Å². The molecular formula is C20H19FN6O. The van der Waals surface area contributed by atoms with Gasteiger partial charge in [0.2, 0.25) is 0 Å². The van der Waals surface area contributed by atoms with Crippen LogP contribution in [0, 0.1) is 5.82 Å². The third-order valence-corrected chi connectivity index (χ3v) is 5.32. The van der Waals surface area contributed by atoms with Gasteiger partial charge in [0.05, 0.1) is 23.3 Å². The molecule has 3 aromatic heterocycles. The Kier molecular flexibility index (Phi) is 3.94. The smallest absolute Gasteiger partial charge is 0.276 e. The number of nitrogens with zero attached hydrogens (tertiary/aromatic N) is 5. The second kappa shape index (κ2) is 6.49. The highest BCUT2D eigenvalue weighted by Crippen LogP contribution is 2.26. The molecule has 4 heterocycles. The van der Waals surface area contributed by atoms with Gasteiger partial charge in [0, 0.05) is 35.8 Å². The molecule has 0 aliphatic carbocycles. The maximum absolute atomic E-state index is 14.4. The van der Waals surface area contributed by atoms with Gasteiger partial charge in [0.25, 0.3) is 5.56 Å². The number of hydrogen-bond donors (Lipinski definition) is 1. The van der Waals surface area contributed by atoms with Gasteiger partial charge in [-0.05, 0) is 44.1 Å². The molecule has 8 heteroatoms. The number of piperidine rings is 1. The number of pyridine rings is 1. The molecule has 7 nitrogen and oxygen atoms in total. The minimum absolute atomic E-state index is 0.111. The van der Waals surface area contributed by atoms with E-state index < -0.39 is 5.82 Å². The molecule has 0 atom stereocenters. The summed E-state index contributed by atoms with van der Waals surface area (Å²) in [5, 5.41) is 13.8. The van der Waals surface area contributed by atoms with Crippen LogP contribution in [0.1, 0.15) is 18.9 Å². The Morgan fingerprint density at radius 2 is 1.96 bits per heavy atom. The van der Waals surface area contributed by atoms with E-state index >= 15 is 0 Å². The van der Waals surface area contributed by atoms with Gasteiger partial charge in [-0.1, -0.05) is 0 Å². The normalized spacial score (nSPS) is 15.5. The molecule has 1 aliphatic heterocycles. The first-order chi connectivity index (χ1) is 13.6. The molecule has 1 N–H and O–H groups in total. The largest absolute Gasteiger partial charge is 0.317 e. The van der Waals surface area contributed by atoms with Crippen LogP contribution in [0.15, 0.2) is 41.6 Å². The molecule has 0 bridgehead atoms. The van der Waals surface area contributed by atoms with Crippen LogP contribution in [0.5, 0.6) is 0 Å². The van der Waals surface area contributed by atoms with E-state index in [1.807, 2.05) is 6.07 Å². The van der Waals surface area contributed by atoms with Crippen LogP contribution in [-0.4, -0.2) is 37.6 Å². The summed E-state index contributed by atoms with van der Waals surface area (Å²) in [6, 6.07) is 5.17. The lowest BCUT2D eigenvalue weighted by atomic mass is 10.1. The summed E-state index contributed by atoms with van der Waals surface area (Å²) in [6.45, 7) is 1.77. The number of benzene rings is 1. The molecule has 1 saturated heterocycles. The van der Waals surface area contributed by atoms with Crippen LogP contribution in [0.25, 0.3) is 32.9 Å². The quantitative estimate of drug-likeness (QED) is 0.580. The molecule has 142 valence electrons. The van der Waals surface area contributed by atoms with Gasteiger partial charge in [-0.2, -0.15) is 10.2 Å². The molecule has 1 aromatic carbocycles. The number of aromatic nitrogens is 5. The van der Waals surface area contributed by atoms with Gasteiger partial charge in [-0.25, -0.2) is 9.07 Å². The van der Waals surface area contributed by atoms with Crippen molar-refractivity contribution in [1.82, 2.24) is 29.9 Å². The monoisotopic (exact) mass is 378 g/mol. The number of aryl methyl sites for hydroxylation is 1. The third kappa shape index (κ3) is 2.77. The van der Waals surface area contributed by atoms with E-state index in [1.54, 1.807) is 41.1 Å². The minimum atomic E-state index is -0.394. The zero-order chi connectivity index (χ0) is 19.3. The van der Waals surface area contributed by atoms with Crippen LogP contribution >= 0.6 is 0 Å². The van der Waals surface area contributed by atoms with Crippen molar-refractivity contribution in [3.8, 4) is 11.3 Å². The third-order valence-electron chi connectivity index (χ3n) is 5.32. The summed E-state index contributed by atoms with van der Waals surface area (Å²) in [7, 11) is 1.76. The molecule has 1 fully saturated rings. The standard InChI is InChI=1S/C20H19FN6O/c1-26-11-14-6-12(7-17(21)19(14)25-26)18-8-13-9-24-27(15-2-4-22-5-3-15)20(28)16(13)10-23-18/h6-11,15,22H,2-5H2,1H3. The first-order valence-electron chi connectivity index (χ1n) is 9.32. The number of fused-ring (bicyclic) bond motifs is 2. The summed E-state index contributed by atoms with van der Waals surface area (Å²) in [5.74, 6) is -0.394. The van der Waals surface area contributed by atoms with Crippen molar-refractivity contribution < 1.29 is 4.39 Å². The first-order valence-corrected chi connectivity index (χ1v) is 9.32. The predicted molar refractivity (Wildman–Crippen MR) is 105 cm³/mol. The summed E-state index contributed by atoms with van der Waals surface area (Å²) in [6.07, 6.45) is 6.80. The zero-order valence-corrected chi connectivity index (χ0v) is 15.4. The highest BCUT2D eigenvalue weighted by Gasteiger charge is 2.18. The lowest BCUT2D eigenvalue weighted by Crippen LogP contribution is -2.35. The lowest BCUT2D eigenvalue weighted by Gasteiger charge is -2.23. The van der Waals surface area contributed by atoms with Crippen molar-refractivity contribution in [2.24, 2.45) is 7.05 Å². The summed E-state index contributed by atoms with van der Waals surface area (Å²) < 4.78 is 17.6. The van der Waals surface area contributed by atoms with Crippen molar-refractivity contribution in [2.45, 2.75) is 18.9 Å². The van der Waals surface area contributed by atoms with E-state index in [9.17, 15) is 9.18 Å². The van der Waals surface area contributed by atoms with Crippen molar-refractivity contribution in [3.63, 3.8) is 0 Å². The number of rotatable bonds is 2. The molecular weight excluding hydrogens is 359 g/mol. The fourth-order valence-electron chi connectivity index (χ4n) is 3.89. The van der Waals surface area contributed by atoms with Crippen molar-refractivity contribution >= 4 is 21.7 Å². The molecule has 5 rings (SSSR count). The van der Waals surface area contributed by atoms with E-state index in [-0.39, 0.29) is 11.6 Å². The minimum Gasteiger partial charge on any atom is -0.317 e. The number of hydrogen-bond acceptors (Lipinski definition) is 5. The second-order valence-electron chi connectivity index (χ2n) is 7.23. The van der Waals surface area contributed by atoms with Gasteiger partial charge >= 0.3 is 0 Å². The molecule has 0 amide bonds. The fraction of sp³-hybridized carbons (Fsp3) is 0.300. The first kappa shape index (κ1) is 17.0.